The van der Waals surface area contributed by atoms with Crippen LogP contribution in [0.4, 0.5) is 4.79 Å². The maximum absolute atomic E-state index is 13.8. The van der Waals surface area contributed by atoms with Gasteiger partial charge in [0.15, 0.2) is 11.9 Å². The highest BCUT2D eigenvalue weighted by molar-refractivity contribution is 5.91. The molecule has 2 saturated heterocycles. The fourth-order valence-electron chi connectivity index (χ4n) is 9.47. The summed E-state index contributed by atoms with van der Waals surface area (Å²) in [5.41, 5.74) is 0.271. The van der Waals surface area contributed by atoms with E-state index in [-0.39, 0.29) is 30.6 Å². The third kappa shape index (κ3) is 8.25. The lowest BCUT2D eigenvalue weighted by atomic mass is 9.74. The molecule has 1 N–H and O–H groups in total. The molecule has 12 atom stereocenters. The van der Waals surface area contributed by atoms with Crippen LogP contribution in [0.15, 0.2) is 59.4 Å². The predicted molar refractivity (Wildman–Crippen MR) is 212 cm³/mol. The average molecular weight is 761 g/mol. The molecule has 2 bridgehead atoms. The molecule has 2 aromatic rings. The highest BCUT2D eigenvalue weighted by Gasteiger charge is 2.59. The van der Waals surface area contributed by atoms with Crippen LogP contribution in [0.3, 0.4) is 0 Å². The Labute approximate surface area is 325 Å². The molecule has 6 rings (SSSR count). The van der Waals surface area contributed by atoms with Gasteiger partial charge in [0.25, 0.3) is 0 Å². The number of hydrogen-bond acceptors (Lipinski definition) is 11. The Balaban J connectivity index is 1.42. The van der Waals surface area contributed by atoms with Crippen LogP contribution < -0.4 is 0 Å². The summed E-state index contributed by atoms with van der Waals surface area (Å²) in [6, 6.07) is 7.53. The predicted octanol–water partition coefficient (Wildman–Crippen LogP) is 6.06. The smallest absolute Gasteiger partial charge is 0.410 e. The van der Waals surface area contributed by atoms with Gasteiger partial charge in [-0.1, -0.05) is 57.2 Å². The molecule has 4 aliphatic rings. The molecule has 300 valence electrons. The molecule has 0 radical (unpaired) electrons. The van der Waals surface area contributed by atoms with E-state index in [9.17, 15) is 14.7 Å². The largest absolute Gasteiger partial charge is 0.455 e. The molecule has 0 aliphatic carbocycles. The number of aliphatic imine (C=N–C) groups is 1. The summed E-state index contributed by atoms with van der Waals surface area (Å²) < 4.78 is 32.5. The van der Waals surface area contributed by atoms with E-state index in [1.807, 2.05) is 83.2 Å². The zero-order chi connectivity index (χ0) is 39.8. The molecule has 12 nitrogen and oxygen atoms in total. The van der Waals surface area contributed by atoms with Gasteiger partial charge in [-0.05, 0) is 84.5 Å². The van der Waals surface area contributed by atoms with Crippen molar-refractivity contribution >= 4 is 34.6 Å². The van der Waals surface area contributed by atoms with Gasteiger partial charge < -0.3 is 33.7 Å². The number of esters is 1. The maximum atomic E-state index is 13.8. The second-order valence-electron chi connectivity index (χ2n) is 16.7. The second-order valence-corrected chi connectivity index (χ2v) is 16.7. The topological polar surface area (TPSA) is 132 Å². The van der Waals surface area contributed by atoms with Crippen molar-refractivity contribution in [3.05, 3.63) is 59.9 Å². The van der Waals surface area contributed by atoms with E-state index in [1.54, 1.807) is 24.9 Å². The molecule has 55 heavy (non-hydrogen) atoms. The molecule has 1 aromatic heterocycles. The van der Waals surface area contributed by atoms with E-state index in [4.69, 9.17) is 28.7 Å². The van der Waals surface area contributed by atoms with E-state index in [2.05, 4.69) is 31.0 Å². The summed E-state index contributed by atoms with van der Waals surface area (Å²) in [5, 5.41) is 13.8. The summed E-state index contributed by atoms with van der Waals surface area (Å²) in [7, 11) is 3.90. The number of rotatable bonds is 7. The van der Waals surface area contributed by atoms with Gasteiger partial charge in [-0.2, -0.15) is 0 Å². The first-order chi connectivity index (χ1) is 26.0. The Morgan fingerprint density at radius 1 is 1.11 bits per heavy atom. The lowest BCUT2D eigenvalue weighted by Gasteiger charge is -2.47. The molecule has 12 heteroatoms. The van der Waals surface area contributed by atoms with E-state index >= 15 is 0 Å². The van der Waals surface area contributed by atoms with Gasteiger partial charge in [0.1, 0.15) is 12.2 Å². The number of nitrogens with zero attached hydrogens (tertiary/aromatic N) is 4. The summed E-state index contributed by atoms with van der Waals surface area (Å²) in [6.45, 7) is 16.7. The Hall–Kier alpha value is -3.68. The first-order valence-corrected chi connectivity index (χ1v) is 19.8. The number of fused-ring (bicyclic) bond motifs is 2. The van der Waals surface area contributed by atoms with Crippen LogP contribution in [0.2, 0.25) is 0 Å². The van der Waals surface area contributed by atoms with Crippen LogP contribution in [-0.4, -0.2) is 125 Å². The van der Waals surface area contributed by atoms with Crippen molar-refractivity contribution in [2.75, 3.05) is 33.8 Å². The zero-order valence-electron chi connectivity index (χ0n) is 34.1. The SMILES string of the molecule is C/C1=C\[C@H](C)[C@@H](O[C@H]2O[C@@H](C)C[C@@H](N(C)C)C2O)[C@@](C)(OC/C=C/c2cccc3cnccc23)C[C@@H](C)C2=NCCN3C(=O)O[C@](C)([C@H](C)OC1=O)[C@H]3[C@@H]2C. The number of cyclic esters (lactones) is 1. The highest BCUT2D eigenvalue weighted by atomic mass is 16.7. The normalized spacial score (nSPS) is 38.6. The van der Waals surface area contributed by atoms with Crippen molar-refractivity contribution in [2.24, 2.45) is 22.7 Å². The van der Waals surface area contributed by atoms with Crippen molar-refractivity contribution < 1.29 is 38.4 Å². The van der Waals surface area contributed by atoms with Crippen LogP contribution in [-0.2, 0) is 28.5 Å². The summed E-state index contributed by atoms with van der Waals surface area (Å²) in [4.78, 5) is 40.3. The first kappa shape index (κ1) is 41.0. The molecule has 1 unspecified atom stereocenters. The van der Waals surface area contributed by atoms with E-state index in [1.165, 1.54) is 0 Å². The number of carbonyl (C=O) groups is 2. The zero-order valence-corrected chi connectivity index (χ0v) is 34.1. The standard InChI is InChI=1S/C43H60N4O8/c1-25-21-26(2)39(49)53-30(6)43(8)37-29(5)35(45-18-19-47(37)41(50)55-43)27(3)23-42(7,38(25)54-40-36(48)34(46(9)10)22-28(4)52-40)51-20-12-15-31-13-11-14-32-24-44-17-16-33(31)32/h11-17,21,24-25,27-30,34,36-38,40,48H,18-20,22-23H2,1-10H3/b15-12+,26-21+/t25-,27+,28-,29+,30-,34+,36?,37+,38+,40+,42-,43+/m0/s1. The third-order valence-corrected chi connectivity index (χ3v) is 12.3. The Morgan fingerprint density at radius 2 is 1.87 bits per heavy atom. The van der Waals surface area contributed by atoms with Gasteiger partial charge in [-0.3, -0.25) is 14.9 Å². The number of aliphatic hydroxyl groups is 1. The summed E-state index contributed by atoms with van der Waals surface area (Å²) in [6.07, 6.45) is 6.79. The number of aliphatic hydroxyl groups excluding tert-OH is 1. The minimum absolute atomic E-state index is 0.121. The average Bonchev–Trinajstić information content (AvgIpc) is 3.26. The molecule has 5 heterocycles. The number of ether oxygens (including phenoxy) is 5. The minimum atomic E-state index is -1.10. The van der Waals surface area contributed by atoms with Crippen molar-refractivity contribution in [1.29, 1.82) is 0 Å². The van der Waals surface area contributed by atoms with Crippen molar-refractivity contribution in [1.82, 2.24) is 14.8 Å². The molecule has 4 aliphatic heterocycles. The fraction of sp³-hybridized carbons (Fsp3) is 0.628. The van der Waals surface area contributed by atoms with Crippen molar-refractivity contribution in [2.45, 2.75) is 122 Å². The monoisotopic (exact) mass is 760 g/mol. The molecule has 2 fully saturated rings. The van der Waals surface area contributed by atoms with Gasteiger partial charge in [0.05, 0.1) is 37.0 Å². The molecule has 1 aromatic carbocycles. The number of pyridine rings is 1. The van der Waals surface area contributed by atoms with Gasteiger partial charge in [0.2, 0.25) is 0 Å². The Bertz CT molecular complexity index is 1810. The second kappa shape index (κ2) is 16.4. The van der Waals surface area contributed by atoms with Crippen LogP contribution in [0.25, 0.3) is 16.8 Å². The summed E-state index contributed by atoms with van der Waals surface area (Å²) in [5.74, 6) is -1.26. The number of amides is 1. The van der Waals surface area contributed by atoms with Crippen LogP contribution in [0, 0.1) is 17.8 Å². The van der Waals surface area contributed by atoms with Crippen molar-refractivity contribution in [3.8, 4) is 0 Å². The maximum Gasteiger partial charge on any atom is 0.410 e. The number of likely N-dealkylation sites (N-methyl/N-ethyl adjacent to an activating group) is 1. The van der Waals surface area contributed by atoms with Crippen LogP contribution in [0.1, 0.15) is 73.8 Å². The molecule has 0 saturated carbocycles. The third-order valence-electron chi connectivity index (χ3n) is 12.3. The lowest BCUT2D eigenvalue weighted by molar-refractivity contribution is -0.295. The van der Waals surface area contributed by atoms with E-state index < -0.39 is 59.8 Å². The molecule has 0 spiro atoms. The van der Waals surface area contributed by atoms with Crippen molar-refractivity contribution in [3.63, 3.8) is 0 Å². The van der Waals surface area contributed by atoms with Crippen LogP contribution in [0.5, 0.6) is 0 Å². The van der Waals surface area contributed by atoms with Gasteiger partial charge in [-0.25, -0.2) is 9.59 Å². The Morgan fingerprint density at radius 3 is 2.62 bits per heavy atom. The van der Waals surface area contributed by atoms with E-state index in [0.29, 0.717) is 31.5 Å². The minimum Gasteiger partial charge on any atom is -0.455 e. The first-order valence-electron chi connectivity index (χ1n) is 19.8. The number of aromatic nitrogens is 1. The van der Waals surface area contributed by atoms with Gasteiger partial charge >= 0.3 is 12.1 Å². The lowest BCUT2D eigenvalue weighted by Crippen LogP contribution is -2.59. The summed E-state index contributed by atoms with van der Waals surface area (Å²) >= 11 is 0. The number of benzene rings is 1. The molecule has 1 amide bonds. The van der Waals surface area contributed by atoms with E-state index in [0.717, 1.165) is 22.0 Å². The fourth-order valence-corrected chi connectivity index (χ4v) is 9.47. The number of hydrogen-bond donors (Lipinski definition) is 1. The molecular weight excluding hydrogens is 700 g/mol. The quantitative estimate of drug-likeness (QED) is 0.333. The number of carbonyl (C=O) groups excluding carboxylic acids is 2. The molecular formula is C43H60N4O8. The van der Waals surface area contributed by atoms with Gasteiger partial charge in [-0.15, -0.1) is 0 Å². The Kier molecular flexibility index (Phi) is 12.2. The highest BCUT2D eigenvalue weighted by Crippen LogP contribution is 2.43. The van der Waals surface area contributed by atoms with Gasteiger partial charge in [0, 0.05) is 53.5 Å². The van der Waals surface area contributed by atoms with Crippen LogP contribution >= 0.6 is 0 Å².